The van der Waals surface area contributed by atoms with Gasteiger partial charge in [0.25, 0.3) is 0 Å². The molecule has 1 aliphatic heterocycles. The number of hydrogen-bond acceptors (Lipinski definition) is 5. The van der Waals surface area contributed by atoms with Gasteiger partial charge >= 0.3 is 0 Å². The molecule has 1 saturated carbocycles. The Bertz CT molecular complexity index is 1200. The zero-order chi connectivity index (χ0) is 22.8. The van der Waals surface area contributed by atoms with Crippen molar-refractivity contribution in [2.24, 2.45) is 5.92 Å². The second-order valence-electron chi connectivity index (χ2n) is 8.68. The molecule has 1 atom stereocenters. The number of aromatic nitrogens is 2. The monoisotopic (exact) mass is 447 g/mol. The van der Waals surface area contributed by atoms with Crippen LogP contribution in [0.25, 0.3) is 16.5 Å². The molecule has 0 radical (unpaired) electrons. The maximum Gasteiger partial charge on any atom is 0.229 e. The van der Waals surface area contributed by atoms with E-state index in [1.54, 1.807) is 0 Å². The molecule has 1 aromatic heterocycles. The van der Waals surface area contributed by atoms with Gasteiger partial charge in [-0.1, -0.05) is 24.3 Å². The lowest BCUT2D eigenvalue weighted by molar-refractivity contribution is 0.584. The molecular weight excluding hydrogens is 420 g/mol. The molecular formula is C26H27F2N5. The lowest BCUT2D eigenvalue weighted by atomic mass is 9.97. The van der Waals surface area contributed by atoms with Gasteiger partial charge in [0, 0.05) is 35.3 Å². The van der Waals surface area contributed by atoms with E-state index >= 15 is 0 Å². The lowest BCUT2D eigenvalue weighted by Crippen LogP contribution is -2.22. The van der Waals surface area contributed by atoms with E-state index in [1.165, 1.54) is 30.5 Å². The highest BCUT2D eigenvalue weighted by Gasteiger charge is 2.31. The second kappa shape index (κ2) is 9.27. The fourth-order valence-corrected chi connectivity index (χ4v) is 4.42. The number of nitrogens with one attached hydrogen (secondary N) is 3. The summed E-state index contributed by atoms with van der Waals surface area (Å²) in [5, 5.41) is 10.9. The molecule has 5 rings (SSSR count). The third-order valence-electron chi connectivity index (χ3n) is 6.19. The van der Waals surface area contributed by atoms with Crippen molar-refractivity contribution in [2.45, 2.75) is 31.7 Å². The molecule has 2 heterocycles. The first kappa shape index (κ1) is 21.5. The molecule has 2 aromatic carbocycles. The van der Waals surface area contributed by atoms with Crippen LogP contribution in [0.15, 0.2) is 55.1 Å². The summed E-state index contributed by atoms with van der Waals surface area (Å²) in [6.07, 6.45) is 8.24. The average Bonchev–Trinajstić information content (AvgIpc) is 3.64. The number of benzene rings is 2. The first-order valence-electron chi connectivity index (χ1n) is 11.4. The van der Waals surface area contributed by atoms with Crippen LogP contribution in [0.2, 0.25) is 0 Å². The summed E-state index contributed by atoms with van der Waals surface area (Å²) < 4.78 is 27.5. The van der Waals surface area contributed by atoms with Crippen LogP contribution in [0.5, 0.6) is 0 Å². The van der Waals surface area contributed by atoms with E-state index in [9.17, 15) is 8.78 Å². The van der Waals surface area contributed by atoms with E-state index in [2.05, 4.69) is 34.7 Å². The summed E-state index contributed by atoms with van der Waals surface area (Å²) in [6.45, 7) is 5.64. The molecule has 0 bridgehead atoms. The standard InChI is InChI=1S/C26H27F2N5/c1-2-4-23(17-7-8-17)31-25-22-6-3-5-21(16-9-11-29-12-10-16)24(22)32-26(33-25)30-20-14-18(27)13-19(28)15-20/h2-3,5-6,9,13-15,17,23,29H,1,4,7-8,10-12H2,(H2,30,31,32,33). The van der Waals surface area contributed by atoms with E-state index in [1.807, 2.05) is 18.2 Å². The average molecular weight is 448 g/mol. The molecule has 170 valence electrons. The van der Waals surface area contributed by atoms with Gasteiger partial charge in [-0.05, 0) is 61.9 Å². The van der Waals surface area contributed by atoms with E-state index in [-0.39, 0.29) is 11.7 Å². The quantitative estimate of drug-likeness (QED) is 0.381. The van der Waals surface area contributed by atoms with Gasteiger partial charge in [-0.3, -0.25) is 0 Å². The molecule has 0 saturated heterocycles. The van der Waals surface area contributed by atoms with Crippen LogP contribution in [-0.4, -0.2) is 29.1 Å². The van der Waals surface area contributed by atoms with Gasteiger partial charge in [0.2, 0.25) is 5.95 Å². The van der Waals surface area contributed by atoms with Crippen LogP contribution in [0.4, 0.5) is 26.2 Å². The van der Waals surface area contributed by atoms with Crippen molar-refractivity contribution in [1.29, 1.82) is 0 Å². The Morgan fingerprint density at radius 3 is 2.67 bits per heavy atom. The van der Waals surface area contributed by atoms with Crippen LogP contribution in [0.3, 0.4) is 0 Å². The number of anilines is 3. The van der Waals surface area contributed by atoms with E-state index in [4.69, 9.17) is 9.97 Å². The van der Waals surface area contributed by atoms with Gasteiger partial charge in [-0.2, -0.15) is 4.98 Å². The largest absolute Gasteiger partial charge is 0.366 e. The predicted molar refractivity (Wildman–Crippen MR) is 130 cm³/mol. The Kier molecular flexibility index (Phi) is 6.05. The first-order valence-corrected chi connectivity index (χ1v) is 11.4. The fraction of sp³-hybridized carbons (Fsp3) is 0.308. The SMILES string of the molecule is C=CCC(Nc1nc(Nc2cc(F)cc(F)c2)nc2c(C3=CCNCC3)cccc12)C1CC1. The smallest absolute Gasteiger partial charge is 0.229 e. The molecule has 3 aromatic rings. The zero-order valence-electron chi connectivity index (χ0n) is 18.4. The molecule has 33 heavy (non-hydrogen) atoms. The molecule has 1 aliphatic carbocycles. The highest BCUT2D eigenvalue weighted by Crippen LogP contribution is 2.38. The summed E-state index contributed by atoms with van der Waals surface area (Å²) in [5.74, 6) is 0.297. The minimum absolute atomic E-state index is 0.238. The number of para-hydroxylation sites is 1. The summed E-state index contributed by atoms with van der Waals surface area (Å²) in [4.78, 5) is 9.52. The Morgan fingerprint density at radius 2 is 1.97 bits per heavy atom. The molecule has 2 aliphatic rings. The zero-order valence-corrected chi connectivity index (χ0v) is 18.4. The van der Waals surface area contributed by atoms with Crippen LogP contribution >= 0.6 is 0 Å². The fourth-order valence-electron chi connectivity index (χ4n) is 4.42. The van der Waals surface area contributed by atoms with E-state index < -0.39 is 11.6 Å². The minimum Gasteiger partial charge on any atom is -0.366 e. The van der Waals surface area contributed by atoms with Crippen molar-refractivity contribution < 1.29 is 8.78 Å². The molecule has 1 fully saturated rings. The van der Waals surface area contributed by atoms with Crippen LogP contribution in [0.1, 0.15) is 31.2 Å². The van der Waals surface area contributed by atoms with Gasteiger partial charge in [0.05, 0.1) is 5.52 Å². The van der Waals surface area contributed by atoms with Crippen molar-refractivity contribution in [3.63, 3.8) is 0 Å². The van der Waals surface area contributed by atoms with Gasteiger partial charge in [0.1, 0.15) is 17.5 Å². The summed E-state index contributed by atoms with van der Waals surface area (Å²) in [5.41, 5.74) is 3.37. The van der Waals surface area contributed by atoms with Crippen LogP contribution in [0, 0.1) is 17.6 Å². The van der Waals surface area contributed by atoms with Crippen molar-refractivity contribution in [3.05, 3.63) is 72.3 Å². The Balaban J connectivity index is 1.61. The highest BCUT2D eigenvalue weighted by molar-refractivity contribution is 5.98. The maximum atomic E-state index is 13.8. The number of fused-ring (bicyclic) bond motifs is 1. The molecule has 1 unspecified atom stereocenters. The predicted octanol–water partition coefficient (Wildman–Crippen LogP) is 5.79. The Labute approximate surface area is 192 Å². The van der Waals surface area contributed by atoms with Crippen LogP contribution in [-0.2, 0) is 0 Å². The third kappa shape index (κ3) is 4.88. The molecule has 3 N–H and O–H groups in total. The molecule has 0 spiro atoms. The van der Waals surface area contributed by atoms with Gasteiger partial charge < -0.3 is 16.0 Å². The number of nitrogens with zero attached hydrogens (tertiary/aromatic N) is 2. The third-order valence-corrected chi connectivity index (χ3v) is 6.19. The summed E-state index contributed by atoms with van der Waals surface area (Å²) in [6, 6.07) is 9.67. The van der Waals surface area contributed by atoms with Gasteiger partial charge in [-0.15, -0.1) is 6.58 Å². The summed E-state index contributed by atoms with van der Waals surface area (Å²) >= 11 is 0. The van der Waals surface area contributed by atoms with Crippen molar-refractivity contribution in [1.82, 2.24) is 15.3 Å². The number of hydrogen-bond donors (Lipinski definition) is 3. The first-order chi connectivity index (χ1) is 16.1. The Morgan fingerprint density at radius 1 is 1.15 bits per heavy atom. The number of rotatable bonds is 8. The number of halogens is 2. The normalized spacial score (nSPS) is 16.8. The van der Waals surface area contributed by atoms with Crippen LogP contribution < -0.4 is 16.0 Å². The second-order valence-corrected chi connectivity index (χ2v) is 8.68. The summed E-state index contributed by atoms with van der Waals surface area (Å²) in [7, 11) is 0. The van der Waals surface area contributed by atoms with Crippen molar-refractivity contribution in [3.8, 4) is 0 Å². The Hall–Kier alpha value is -3.32. The maximum absolute atomic E-state index is 13.8. The topological polar surface area (TPSA) is 61.9 Å². The minimum atomic E-state index is -0.656. The van der Waals surface area contributed by atoms with Gasteiger partial charge in [-0.25, -0.2) is 13.8 Å². The molecule has 7 heteroatoms. The molecule has 5 nitrogen and oxygen atoms in total. The van der Waals surface area contributed by atoms with Gasteiger partial charge in [0.15, 0.2) is 0 Å². The highest BCUT2D eigenvalue weighted by atomic mass is 19.1. The van der Waals surface area contributed by atoms with E-state index in [0.717, 1.165) is 54.3 Å². The van der Waals surface area contributed by atoms with Crippen molar-refractivity contribution >= 4 is 33.9 Å². The van der Waals surface area contributed by atoms with E-state index in [0.29, 0.717) is 11.9 Å². The lowest BCUT2D eigenvalue weighted by Gasteiger charge is -2.21. The van der Waals surface area contributed by atoms with Crippen molar-refractivity contribution in [2.75, 3.05) is 23.7 Å². The molecule has 0 amide bonds.